The smallest absolute Gasteiger partial charge is 0.257 e. The molecule has 5 nitrogen and oxygen atoms in total. The minimum atomic E-state index is 0.0511. The first-order chi connectivity index (χ1) is 11.1. The maximum atomic E-state index is 12.7. The van der Waals surface area contributed by atoms with Gasteiger partial charge >= 0.3 is 0 Å². The topological polar surface area (TPSA) is 64.2 Å². The summed E-state index contributed by atoms with van der Waals surface area (Å²) >= 11 is 0. The van der Waals surface area contributed by atoms with Gasteiger partial charge in [-0.15, -0.1) is 0 Å². The Morgan fingerprint density at radius 2 is 2.17 bits per heavy atom. The highest BCUT2D eigenvalue weighted by molar-refractivity contribution is 5.93. The summed E-state index contributed by atoms with van der Waals surface area (Å²) in [6.07, 6.45) is 5.60. The molecule has 0 unspecified atom stereocenters. The van der Waals surface area contributed by atoms with Crippen LogP contribution in [0.3, 0.4) is 0 Å². The van der Waals surface area contributed by atoms with Gasteiger partial charge in [-0.1, -0.05) is 18.2 Å². The average molecular weight is 312 g/mol. The summed E-state index contributed by atoms with van der Waals surface area (Å²) in [5.74, 6) is 0.439. The highest BCUT2D eigenvalue weighted by Gasteiger charge is 2.27. The lowest BCUT2D eigenvalue weighted by Gasteiger charge is -2.34. The van der Waals surface area contributed by atoms with Crippen LogP contribution in [0.2, 0.25) is 0 Å². The number of piperidine rings is 1. The number of rotatable bonds is 3. The second-order valence-corrected chi connectivity index (χ2v) is 6.47. The minimum absolute atomic E-state index is 0.0511. The van der Waals surface area contributed by atoms with Crippen LogP contribution >= 0.6 is 0 Å². The lowest BCUT2D eigenvalue weighted by Crippen LogP contribution is -2.45. The number of carbonyl (C=O) groups excluding carboxylic acids is 1. The molecular weight excluding hydrogens is 288 g/mol. The fourth-order valence-corrected chi connectivity index (χ4v) is 3.19. The van der Waals surface area contributed by atoms with Crippen LogP contribution in [0.15, 0.2) is 36.7 Å². The third kappa shape index (κ3) is 3.29. The Kier molecular flexibility index (Phi) is 4.48. The van der Waals surface area contributed by atoms with Crippen molar-refractivity contribution < 1.29 is 4.79 Å². The highest BCUT2D eigenvalue weighted by Crippen LogP contribution is 2.21. The molecule has 0 saturated carbocycles. The normalized spacial score (nSPS) is 19.6. The molecule has 23 heavy (non-hydrogen) atoms. The third-order valence-electron chi connectivity index (χ3n) is 4.68. The standard InChI is InChI=1S/C18H24N4O/c1-13-6-3-4-8-17(13)22-12-16(10-20-22)18(23)21-9-5-7-15(11-21)14(2)19/h3-4,6,8,10,12,14-15H,5,7,9,11,19H2,1-2H3/t14-,15-/m0/s1. The number of amides is 1. The van der Waals surface area contributed by atoms with Gasteiger partial charge in [0.05, 0.1) is 17.4 Å². The van der Waals surface area contributed by atoms with Crippen LogP contribution in [0.1, 0.15) is 35.7 Å². The molecule has 0 radical (unpaired) electrons. The van der Waals surface area contributed by atoms with E-state index in [4.69, 9.17) is 5.73 Å². The van der Waals surface area contributed by atoms with E-state index in [0.29, 0.717) is 11.5 Å². The monoisotopic (exact) mass is 312 g/mol. The van der Waals surface area contributed by atoms with Gasteiger partial charge < -0.3 is 10.6 Å². The molecule has 3 rings (SSSR count). The van der Waals surface area contributed by atoms with Crippen molar-refractivity contribution in [3.63, 3.8) is 0 Å². The van der Waals surface area contributed by atoms with Crippen LogP contribution < -0.4 is 5.73 Å². The fourth-order valence-electron chi connectivity index (χ4n) is 3.19. The molecule has 1 aromatic heterocycles. The number of nitrogens with zero attached hydrogens (tertiary/aromatic N) is 3. The fraction of sp³-hybridized carbons (Fsp3) is 0.444. The molecular formula is C18H24N4O. The molecule has 2 N–H and O–H groups in total. The van der Waals surface area contributed by atoms with Crippen molar-refractivity contribution in [2.24, 2.45) is 11.7 Å². The van der Waals surface area contributed by atoms with Crippen LogP contribution in [0.25, 0.3) is 5.69 Å². The number of carbonyl (C=O) groups is 1. The van der Waals surface area contributed by atoms with Crippen molar-refractivity contribution in [3.05, 3.63) is 47.8 Å². The molecule has 1 aromatic carbocycles. The summed E-state index contributed by atoms with van der Waals surface area (Å²) in [4.78, 5) is 14.6. The van der Waals surface area contributed by atoms with Gasteiger partial charge in [-0.2, -0.15) is 5.10 Å². The second-order valence-electron chi connectivity index (χ2n) is 6.47. The van der Waals surface area contributed by atoms with E-state index in [2.05, 4.69) is 5.10 Å². The molecule has 122 valence electrons. The summed E-state index contributed by atoms with van der Waals surface area (Å²) in [5.41, 5.74) is 8.78. The Morgan fingerprint density at radius 1 is 1.39 bits per heavy atom. The number of aromatic nitrogens is 2. The molecule has 1 aliphatic heterocycles. The van der Waals surface area contributed by atoms with Crippen LogP contribution in [0.5, 0.6) is 0 Å². The van der Waals surface area contributed by atoms with Crippen molar-refractivity contribution in [1.29, 1.82) is 0 Å². The molecule has 5 heteroatoms. The minimum Gasteiger partial charge on any atom is -0.338 e. The number of para-hydroxylation sites is 1. The van der Waals surface area contributed by atoms with E-state index in [1.807, 2.05) is 49.2 Å². The van der Waals surface area contributed by atoms with E-state index in [1.165, 1.54) is 0 Å². The molecule has 2 heterocycles. The zero-order chi connectivity index (χ0) is 16.4. The van der Waals surface area contributed by atoms with E-state index >= 15 is 0 Å². The molecule has 2 atom stereocenters. The zero-order valence-corrected chi connectivity index (χ0v) is 13.8. The van der Waals surface area contributed by atoms with Crippen molar-refractivity contribution in [1.82, 2.24) is 14.7 Å². The van der Waals surface area contributed by atoms with E-state index in [0.717, 1.165) is 37.2 Å². The van der Waals surface area contributed by atoms with Gasteiger partial charge in [0, 0.05) is 25.3 Å². The van der Waals surface area contributed by atoms with Gasteiger partial charge in [0.15, 0.2) is 0 Å². The molecule has 0 spiro atoms. The molecule has 2 aromatic rings. The maximum Gasteiger partial charge on any atom is 0.257 e. The predicted octanol–water partition coefficient (Wildman–Crippen LogP) is 2.38. The lowest BCUT2D eigenvalue weighted by molar-refractivity contribution is 0.0661. The molecule has 0 bridgehead atoms. The Bertz CT molecular complexity index is 692. The summed E-state index contributed by atoms with van der Waals surface area (Å²) in [6, 6.07) is 8.14. The van der Waals surface area contributed by atoms with Crippen LogP contribution in [0.4, 0.5) is 0 Å². The maximum absolute atomic E-state index is 12.7. The van der Waals surface area contributed by atoms with Gasteiger partial charge in [0.2, 0.25) is 0 Å². The predicted molar refractivity (Wildman–Crippen MR) is 90.6 cm³/mol. The Morgan fingerprint density at radius 3 is 2.91 bits per heavy atom. The largest absolute Gasteiger partial charge is 0.338 e. The number of nitrogens with two attached hydrogens (primary N) is 1. The number of hydrogen-bond acceptors (Lipinski definition) is 3. The Balaban J connectivity index is 1.78. The number of aryl methyl sites for hydroxylation is 1. The summed E-state index contributed by atoms with van der Waals surface area (Å²) in [5, 5.41) is 4.36. The van der Waals surface area contributed by atoms with Crippen LogP contribution in [-0.4, -0.2) is 39.7 Å². The first-order valence-corrected chi connectivity index (χ1v) is 8.22. The molecule has 1 amide bonds. The summed E-state index contributed by atoms with van der Waals surface area (Å²) in [7, 11) is 0. The first-order valence-electron chi connectivity index (χ1n) is 8.22. The molecule has 0 aliphatic carbocycles. The second kappa shape index (κ2) is 6.54. The zero-order valence-electron chi connectivity index (χ0n) is 13.8. The number of likely N-dealkylation sites (tertiary alicyclic amines) is 1. The Hall–Kier alpha value is -2.14. The van der Waals surface area contributed by atoms with Gasteiger partial charge in [0.25, 0.3) is 5.91 Å². The number of hydrogen-bond donors (Lipinski definition) is 1. The third-order valence-corrected chi connectivity index (χ3v) is 4.68. The van der Waals surface area contributed by atoms with Crippen molar-refractivity contribution in [2.75, 3.05) is 13.1 Å². The molecule has 1 aliphatic rings. The average Bonchev–Trinajstić information content (AvgIpc) is 3.04. The van der Waals surface area contributed by atoms with Crippen molar-refractivity contribution in [2.45, 2.75) is 32.7 Å². The van der Waals surface area contributed by atoms with Crippen molar-refractivity contribution in [3.8, 4) is 5.69 Å². The summed E-state index contributed by atoms with van der Waals surface area (Å²) < 4.78 is 1.77. The SMILES string of the molecule is Cc1ccccc1-n1cc(C(=O)N2CCC[C@H]([C@H](C)N)C2)cn1. The van der Waals surface area contributed by atoms with Gasteiger partial charge in [-0.05, 0) is 44.2 Å². The highest BCUT2D eigenvalue weighted by atomic mass is 16.2. The van der Waals surface area contributed by atoms with E-state index in [1.54, 1.807) is 10.9 Å². The molecule has 1 fully saturated rings. The molecule has 1 saturated heterocycles. The van der Waals surface area contributed by atoms with Gasteiger partial charge in [-0.25, -0.2) is 4.68 Å². The van der Waals surface area contributed by atoms with E-state index < -0.39 is 0 Å². The van der Waals surface area contributed by atoms with E-state index in [9.17, 15) is 4.79 Å². The Labute approximate surface area is 137 Å². The van der Waals surface area contributed by atoms with Crippen LogP contribution in [-0.2, 0) is 0 Å². The quantitative estimate of drug-likeness (QED) is 0.946. The van der Waals surface area contributed by atoms with E-state index in [-0.39, 0.29) is 11.9 Å². The number of benzene rings is 1. The van der Waals surface area contributed by atoms with Crippen molar-refractivity contribution >= 4 is 5.91 Å². The first kappa shape index (κ1) is 15.7. The van der Waals surface area contributed by atoms with Crippen LogP contribution in [0, 0.1) is 12.8 Å². The van der Waals surface area contributed by atoms with Gasteiger partial charge in [0.1, 0.15) is 0 Å². The van der Waals surface area contributed by atoms with Gasteiger partial charge in [-0.3, -0.25) is 4.79 Å². The lowest BCUT2D eigenvalue weighted by atomic mass is 9.92. The summed E-state index contributed by atoms with van der Waals surface area (Å²) in [6.45, 7) is 5.61.